The molecule has 1 aromatic rings. The molecule has 0 amide bonds. The predicted octanol–water partition coefficient (Wildman–Crippen LogP) is 2.60. The second-order valence-electron chi connectivity index (χ2n) is 4.76. The topological polar surface area (TPSA) is 35.4 Å². The van der Waals surface area contributed by atoms with Crippen LogP contribution in [0.3, 0.4) is 0 Å². The first-order chi connectivity index (χ1) is 9.29. The molecule has 0 aliphatic heterocycles. The second kappa shape index (κ2) is 10.0. The van der Waals surface area contributed by atoms with Gasteiger partial charge in [0, 0.05) is 44.8 Å². The zero-order valence-corrected chi connectivity index (χ0v) is 12.5. The first kappa shape index (κ1) is 16.2. The van der Waals surface area contributed by atoms with Crippen molar-refractivity contribution in [3.05, 3.63) is 24.0 Å². The maximum atomic E-state index is 5.60. The molecule has 1 aromatic heterocycles. The number of methoxy groups -OCH3 is 1. The van der Waals surface area contributed by atoms with Crippen LogP contribution in [0.1, 0.15) is 38.4 Å². The molecular formula is C15H28N2O2. The van der Waals surface area contributed by atoms with E-state index >= 15 is 0 Å². The van der Waals surface area contributed by atoms with Crippen LogP contribution in [0.4, 0.5) is 0 Å². The van der Waals surface area contributed by atoms with Gasteiger partial charge in [0.15, 0.2) is 0 Å². The monoisotopic (exact) mass is 268 g/mol. The maximum absolute atomic E-state index is 5.60. The normalized spacial score (nSPS) is 12.8. The Morgan fingerprint density at radius 1 is 1.32 bits per heavy atom. The molecule has 0 saturated carbocycles. The van der Waals surface area contributed by atoms with Gasteiger partial charge >= 0.3 is 0 Å². The van der Waals surface area contributed by atoms with Gasteiger partial charge in [0.2, 0.25) is 0 Å². The zero-order valence-electron chi connectivity index (χ0n) is 12.5. The summed E-state index contributed by atoms with van der Waals surface area (Å²) in [5.74, 6) is 0. The summed E-state index contributed by atoms with van der Waals surface area (Å²) >= 11 is 0. The average molecular weight is 268 g/mol. The van der Waals surface area contributed by atoms with E-state index in [-0.39, 0.29) is 0 Å². The molecule has 0 aliphatic carbocycles. The van der Waals surface area contributed by atoms with Gasteiger partial charge in [0.25, 0.3) is 0 Å². The van der Waals surface area contributed by atoms with Crippen molar-refractivity contribution >= 4 is 0 Å². The number of nitrogens with one attached hydrogen (secondary N) is 1. The average Bonchev–Trinajstić information content (AvgIpc) is 2.88. The molecule has 4 heteroatoms. The number of nitrogens with zero attached hydrogens (tertiary/aromatic N) is 1. The van der Waals surface area contributed by atoms with Gasteiger partial charge in [-0.3, -0.25) is 0 Å². The van der Waals surface area contributed by atoms with E-state index in [1.165, 1.54) is 5.69 Å². The van der Waals surface area contributed by atoms with Crippen molar-refractivity contribution in [2.75, 3.05) is 33.5 Å². The largest absolute Gasteiger partial charge is 0.385 e. The Morgan fingerprint density at radius 3 is 2.89 bits per heavy atom. The summed E-state index contributed by atoms with van der Waals surface area (Å²) < 4.78 is 12.9. The van der Waals surface area contributed by atoms with Crippen LogP contribution >= 0.6 is 0 Å². The summed E-state index contributed by atoms with van der Waals surface area (Å²) in [4.78, 5) is 0. The van der Waals surface area contributed by atoms with E-state index in [9.17, 15) is 0 Å². The van der Waals surface area contributed by atoms with Gasteiger partial charge in [-0.15, -0.1) is 0 Å². The first-order valence-corrected chi connectivity index (χ1v) is 7.24. The fourth-order valence-electron chi connectivity index (χ4n) is 2.06. The molecule has 1 rings (SSSR count). The number of aromatic nitrogens is 1. The molecule has 110 valence electrons. The minimum atomic E-state index is 0.392. The Kier molecular flexibility index (Phi) is 8.54. The summed E-state index contributed by atoms with van der Waals surface area (Å²) in [5.41, 5.74) is 1.33. The predicted molar refractivity (Wildman–Crippen MR) is 78.5 cm³/mol. The number of hydrogen-bond acceptors (Lipinski definition) is 3. The fourth-order valence-corrected chi connectivity index (χ4v) is 2.06. The lowest BCUT2D eigenvalue weighted by molar-refractivity contribution is 0.0972. The van der Waals surface area contributed by atoms with E-state index in [2.05, 4.69) is 42.1 Å². The van der Waals surface area contributed by atoms with Crippen molar-refractivity contribution < 1.29 is 9.47 Å². The molecule has 0 bridgehead atoms. The first-order valence-electron chi connectivity index (χ1n) is 7.24. The number of hydrogen-bond donors (Lipinski definition) is 1. The molecule has 0 aromatic carbocycles. The lowest BCUT2D eigenvalue weighted by atomic mass is 10.2. The van der Waals surface area contributed by atoms with Gasteiger partial charge in [-0.1, -0.05) is 6.92 Å². The number of ether oxygens (including phenoxy) is 2. The number of rotatable bonds is 11. The van der Waals surface area contributed by atoms with Crippen molar-refractivity contribution in [3.8, 4) is 0 Å². The summed E-state index contributed by atoms with van der Waals surface area (Å²) in [6.07, 6.45) is 4.25. The molecule has 0 radical (unpaired) electrons. The lowest BCUT2D eigenvalue weighted by Gasteiger charge is -2.17. The van der Waals surface area contributed by atoms with Crippen LogP contribution < -0.4 is 5.32 Å². The minimum absolute atomic E-state index is 0.392. The Hall–Kier alpha value is -0.840. The van der Waals surface area contributed by atoms with Gasteiger partial charge in [0.05, 0.1) is 6.61 Å². The van der Waals surface area contributed by atoms with Crippen LogP contribution in [-0.4, -0.2) is 38.0 Å². The van der Waals surface area contributed by atoms with Crippen molar-refractivity contribution in [2.24, 2.45) is 0 Å². The molecule has 1 atom stereocenters. The molecular weight excluding hydrogens is 240 g/mol. The Labute approximate surface area is 117 Å². The Bertz CT molecular complexity index is 326. The molecule has 1 heterocycles. The highest BCUT2D eigenvalue weighted by Crippen LogP contribution is 2.13. The zero-order chi connectivity index (χ0) is 13.9. The standard InChI is InChI=1S/C15H28N2O2/c1-4-8-16-14(2)15-7-5-9-17(15)10-13-19-12-6-11-18-3/h5,7,9,14,16H,4,6,8,10-13H2,1-3H3. The van der Waals surface area contributed by atoms with Gasteiger partial charge in [-0.25, -0.2) is 0 Å². The highest BCUT2D eigenvalue weighted by atomic mass is 16.5. The molecule has 1 unspecified atom stereocenters. The molecule has 0 aliphatic rings. The van der Waals surface area contributed by atoms with Crippen LogP contribution in [0.5, 0.6) is 0 Å². The molecule has 0 fully saturated rings. The van der Waals surface area contributed by atoms with Gasteiger partial charge in [-0.05, 0) is 38.4 Å². The van der Waals surface area contributed by atoms with E-state index in [1.54, 1.807) is 7.11 Å². The van der Waals surface area contributed by atoms with Crippen molar-refractivity contribution in [2.45, 2.75) is 39.3 Å². The smallest absolute Gasteiger partial charge is 0.0645 e. The van der Waals surface area contributed by atoms with Crippen LogP contribution in [-0.2, 0) is 16.0 Å². The van der Waals surface area contributed by atoms with Gasteiger partial charge in [-0.2, -0.15) is 0 Å². The van der Waals surface area contributed by atoms with E-state index in [4.69, 9.17) is 9.47 Å². The van der Waals surface area contributed by atoms with Crippen LogP contribution in [0.2, 0.25) is 0 Å². The molecule has 19 heavy (non-hydrogen) atoms. The van der Waals surface area contributed by atoms with Crippen molar-refractivity contribution in [3.63, 3.8) is 0 Å². The fraction of sp³-hybridized carbons (Fsp3) is 0.733. The highest BCUT2D eigenvalue weighted by Gasteiger charge is 2.08. The second-order valence-corrected chi connectivity index (χ2v) is 4.76. The van der Waals surface area contributed by atoms with Crippen molar-refractivity contribution in [1.29, 1.82) is 0 Å². The highest BCUT2D eigenvalue weighted by molar-refractivity contribution is 5.11. The summed E-state index contributed by atoms with van der Waals surface area (Å²) in [7, 11) is 1.72. The van der Waals surface area contributed by atoms with E-state index in [0.29, 0.717) is 6.04 Å². The maximum Gasteiger partial charge on any atom is 0.0645 e. The van der Waals surface area contributed by atoms with E-state index < -0.39 is 0 Å². The van der Waals surface area contributed by atoms with Crippen LogP contribution in [0.15, 0.2) is 18.3 Å². The van der Waals surface area contributed by atoms with E-state index in [1.807, 2.05) is 0 Å². The van der Waals surface area contributed by atoms with Crippen LogP contribution in [0, 0.1) is 0 Å². The molecule has 1 N–H and O–H groups in total. The molecule has 0 spiro atoms. The third-order valence-electron chi connectivity index (χ3n) is 3.12. The van der Waals surface area contributed by atoms with Crippen molar-refractivity contribution in [1.82, 2.24) is 9.88 Å². The third-order valence-corrected chi connectivity index (χ3v) is 3.12. The quantitative estimate of drug-likeness (QED) is 0.627. The Morgan fingerprint density at radius 2 is 2.16 bits per heavy atom. The molecule has 0 saturated heterocycles. The summed E-state index contributed by atoms with van der Waals surface area (Å²) in [5, 5.41) is 3.52. The Balaban J connectivity index is 2.28. The minimum Gasteiger partial charge on any atom is -0.385 e. The van der Waals surface area contributed by atoms with Crippen LogP contribution in [0.25, 0.3) is 0 Å². The molecule has 4 nitrogen and oxygen atoms in total. The van der Waals surface area contributed by atoms with Gasteiger partial charge in [0.1, 0.15) is 0 Å². The lowest BCUT2D eigenvalue weighted by Crippen LogP contribution is -2.22. The SMILES string of the molecule is CCCNC(C)c1cccn1CCOCCCOC. The third kappa shape index (κ3) is 6.23. The van der Waals surface area contributed by atoms with Gasteiger partial charge < -0.3 is 19.4 Å². The summed E-state index contributed by atoms with van der Waals surface area (Å²) in [6, 6.07) is 4.67. The summed E-state index contributed by atoms with van der Waals surface area (Å²) in [6.45, 7) is 8.66. The van der Waals surface area contributed by atoms with E-state index in [0.717, 1.165) is 45.8 Å².